The smallest absolute Gasteiger partial charge is 0.119 e. The third-order valence-corrected chi connectivity index (χ3v) is 3.84. The van der Waals surface area contributed by atoms with Gasteiger partial charge in [0.2, 0.25) is 0 Å². The van der Waals surface area contributed by atoms with Crippen LogP contribution in [-0.2, 0) is 0 Å². The van der Waals surface area contributed by atoms with Gasteiger partial charge in [0, 0.05) is 30.6 Å². The van der Waals surface area contributed by atoms with Crippen LogP contribution in [-0.4, -0.2) is 17.5 Å². The first kappa shape index (κ1) is 10.3. The van der Waals surface area contributed by atoms with E-state index < -0.39 is 0 Å². The van der Waals surface area contributed by atoms with Gasteiger partial charge in [-0.15, -0.1) is 0 Å². The van der Waals surface area contributed by atoms with Gasteiger partial charge >= 0.3 is 0 Å². The average molecular weight is 228 g/mol. The van der Waals surface area contributed by atoms with Crippen LogP contribution in [0.2, 0.25) is 0 Å². The number of allylic oxidation sites excluding steroid dienone is 1. The summed E-state index contributed by atoms with van der Waals surface area (Å²) in [6.45, 7) is 0.908. The van der Waals surface area contributed by atoms with E-state index in [-0.39, 0.29) is 0 Å². The van der Waals surface area contributed by atoms with Crippen LogP contribution in [0, 0.1) is 11.3 Å². The average Bonchev–Trinajstić information content (AvgIpc) is 2.97. The summed E-state index contributed by atoms with van der Waals surface area (Å²) in [4.78, 5) is 2.37. The maximum Gasteiger partial charge on any atom is 0.119 e. The second-order valence-corrected chi connectivity index (χ2v) is 4.87. The number of nitrogens with two attached hydrogens (primary N) is 1. The van der Waals surface area contributed by atoms with Gasteiger partial charge in [0.15, 0.2) is 0 Å². The number of nitrogens with one attached hydrogen (secondary N) is 1. The van der Waals surface area contributed by atoms with E-state index in [4.69, 9.17) is 11.0 Å². The van der Waals surface area contributed by atoms with E-state index in [2.05, 4.69) is 22.5 Å². The monoisotopic (exact) mass is 228 g/mol. The van der Waals surface area contributed by atoms with Gasteiger partial charge in [-0.05, 0) is 18.4 Å². The topological polar surface area (TPSA) is 65.1 Å². The molecule has 3 aliphatic rings. The molecular formula is C13H16N4. The van der Waals surface area contributed by atoms with Gasteiger partial charge in [-0.2, -0.15) is 5.26 Å². The summed E-state index contributed by atoms with van der Waals surface area (Å²) in [7, 11) is 0. The number of hydrogen-bond donors (Lipinski definition) is 2. The molecule has 0 bridgehead atoms. The summed E-state index contributed by atoms with van der Waals surface area (Å²) in [5.41, 5.74) is 8.57. The number of hydrogen-bond acceptors (Lipinski definition) is 4. The van der Waals surface area contributed by atoms with E-state index in [0.717, 1.165) is 12.1 Å². The zero-order chi connectivity index (χ0) is 11.8. The summed E-state index contributed by atoms with van der Waals surface area (Å²) in [6.07, 6.45) is 9.23. The number of nitrogens with zero attached hydrogens (tertiary/aromatic N) is 2. The highest BCUT2D eigenvalue weighted by atomic mass is 15.2. The molecule has 0 aromatic carbocycles. The third-order valence-electron chi connectivity index (χ3n) is 3.84. The van der Waals surface area contributed by atoms with E-state index in [0.29, 0.717) is 17.4 Å². The summed E-state index contributed by atoms with van der Waals surface area (Å²) in [5, 5.41) is 12.1. The molecule has 2 heterocycles. The highest BCUT2D eigenvalue weighted by Gasteiger charge is 2.30. The van der Waals surface area contributed by atoms with Crippen LogP contribution < -0.4 is 11.1 Å². The minimum absolute atomic E-state index is 0.468. The van der Waals surface area contributed by atoms with Crippen LogP contribution >= 0.6 is 0 Å². The van der Waals surface area contributed by atoms with Crippen molar-refractivity contribution in [3.05, 3.63) is 34.9 Å². The molecule has 3 rings (SSSR count). The van der Waals surface area contributed by atoms with Gasteiger partial charge in [0.1, 0.15) is 17.5 Å². The van der Waals surface area contributed by atoms with Crippen LogP contribution in [0.25, 0.3) is 0 Å². The molecule has 1 aliphatic carbocycles. The molecule has 1 saturated carbocycles. The molecule has 0 aromatic rings. The lowest BCUT2D eigenvalue weighted by atomic mass is 10.0. The summed E-state index contributed by atoms with van der Waals surface area (Å²) in [6, 6.07) is 2.84. The largest absolute Gasteiger partial charge is 0.384 e. The lowest BCUT2D eigenvalue weighted by Crippen LogP contribution is -2.27. The van der Waals surface area contributed by atoms with Crippen LogP contribution in [0.5, 0.6) is 0 Å². The van der Waals surface area contributed by atoms with Crippen molar-refractivity contribution in [2.45, 2.75) is 31.7 Å². The number of nitriles is 1. The minimum atomic E-state index is 0.468. The predicted molar refractivity (Wildman–Crippen MR) is 65.1 cm³/mol. The van der Waals surface area contributed by atoms with Crippen molar-refractivity contribution in [2.75, 3.05) is 6.54 Å². The van der Waals surface area contributed by atoms with Crippen LogP contribution in [0.15, 0.2) is 34.9 Å². The maximum atomic E-state index is 9.15. The molecule has 0 unspecified atom stereocenters. The summed E-state index contributed by atoms with van der Waals surface area (Å²) < 4.78 is 0. The predicted octanol–water partition coefficient (Wildman–Crippen LogP) is 1.31. The van der Waals surface area contributed by atoms with Gasteiger partial charge in [-0.25, -0.2) is 0 Å². The fourth-order valence-electron chi connectivity index (χ4n) is 2.90. The van der Waals surface area contributed by atoms with Crippen molar-refractivity contribution < 1.29 is 0 Å². The van der Waals surface area contributed by atoms with Crippen molar-refractivity contribution in [3.63, 3.8) is 0 Å². The summed E-state index contributed by atoms with van der Waals surface area (Å²) >= 11 is 0. The standard InChI is InChI=1S/C13H16N4/c14-5-11-12-8-17(10-3-1-2-4-10)7-9(12)6-16-13(11)15/h6,8,10,16H,1-4,7,15H2. The van der Waals surface area contributed by atoms with Crippen molar-refractivity contribution in [3.8, 4) is 6.07 Å². The Labute approximate surface area is 101 Å². The molecule has 0 saturated heterocycles. The Balaban J connectivity index is 1.90. The molecule has 0 atom stereocenters. The molecular weight excluding hydrogens is 212 g/mol. The van der Waals surface area contributed by atoms with Gasteiger partial charge in [0.25, 0.3) is 0 Å². The van der Waals surface area contributed by atoms with E-state index in [1.165, 1.54) is 31.3 Å². The van der Waals surface area contributed by atoms with E-state index >= 15 is 0 Å². The Bertz CT molecular complexity index is 472. The lowest BCUT2D eigenvalue weighted by molar-refractivity contribution is 0.313. The Morgan fingerprint density at radius 1 is 1.41 bits per heavy atom. The molecule has 2 aliphatic heterocycles. The van der Waals surface area contributed by atoms with Crippen molar-refractivity contribution in [2.24, 2.45) is 5.73 Å². The second-order valence-electron chi connectivity index (χ2n) is 4.87. The number of dihydropyridines is 1. The molecule has 0 spiro atoms. The second kappa shape index (κ2) is 3.85. The van der Waals surface area contributed by atoms with Crippen LogP contribution in [0.1, 0.15) is 25.7 Å². The molecule has 4 heteroatoms. The third kappa shape index (κ3) is 1.59. The van der Waals surface area contributed by atoms with Crippen molar-refractivity contribution in [1.82, 2.24) is 10.2 Å². The van der Waals surface area contributed by atoms with E-state index in [1.807, 2.05) is 6.20 Å². The fourth-order valence-corrected chi connectivity index (χ4v) is 2.90. The highest BCUT2D eigenvalue weighted by Crippen LogP contribution is 2.34. The first-order chi connectivity index (χ1) is 8.29. The number of fused-ring (bicyclic) bond motifs is 1. The molecule has 3 N–H and O–H groups in total. The van der Waals surface area contributed by atoms with Gasteiger partial charge in [-0.1, -0.05) is 12.8 Å². The quantitative estimate of drug-likeness (QED) is 0.710. The van der Waals surface area contributed by atoms with Gasteiger partial charge in [-0.3, -0.25) is 0 Å². The molecule has 0 aromatic heterocycles. The normalized spacial score (nSPS) is 24.1. The lowest BCUT2D eigenvalue weighted by Gasteiger charge is -2.23. The minimum Gasteiger partial charge on any atom is -0.384 e. The zero-order valence-corrected chi connectivity index (χ0v) is 9.74. The Hall–Kier alpha value is -1.89. The summed E-state index contributed by atoms with van der Waals surface area (Å²) in [5.74, 6) is 0.468. The molecule has 17 heavy (non-hydrogen) atoms. The van der Waals surface area contributed by atoms with Gasteiger partial charge < -0.3 is 16.0 Å². The van der Waals surface area contributed by atoms with Gasteiger partial charge in [0.05, 0.1) is 0 Å². The van der Waals surface area contributed by atoms with Crippen LogP contribution in [0.3, 0.4) is 0 Å². The first-order valence-corrected chi connectivity index (χ1v) is 6.13. The fraction of sp³-hybridized carbons (Fsp3) is 0.462. The molecule has 0 radical (unpaired) electrons. The molecule has 1 fully saturated rings. The maximum absolute atomic E-state index is 9.15. The molecule has 4 nitrogen and oxygen atoms in total. The number of rotatable bonds is 1. The van der Waals surface area contributed by atoms with E-state index in [1.54, 1.807) is 0 Å². The Kier molecular flexibility index (Phi) is 2.32. The molecule has 88 valence electrons. The Morgan fingerprint density at radius 2 is 2.18 bits per heavy atom. The van der Waals surface area contributed by atoms with Crippen molar-refractivity contribution in [1.29, 1.82) is 5.26 Å². The Morgan fingerprint density at radius 3 is 2.88 bits per heavy atom. The highest BCUT2D eigenvalue weighted by molar-refractivity contribution is 5.59. The van der Waals surface area contributed by atoms with E-state index in [9.17, 15) is 0 Å². The SMILES string of the molecule is N#CC1=C(N)NC=C2CN(C3CCCC3)C=C21. The molecule has 0 amide bonds. The zero-order valence-electron chi connectivity index (χ0n) is 9.74. The van der Waals surface area contributed by atoms with Crippen LogP contribution in [0.4, 0.5) is 0 Å². The van der Waals surface area contributed by atoms with Crippen molar-refractivity contribution >= 4 is 0 Å². The first-order valence-electron chi connectivity index (χ1n) is 6.13.